The topological polar surface area (TPSA) is 55.1 Å². The van der Waals surface area contributed by atoms with Gasteiger partial charge in [0.15, 0.2) is 0 Å². The number of rotatable bonds is 3. The molecule has 1 amide bonds. The normalized spacial score (nSPS) is 12.3. The lowest BCUT2D eigenvalue weighted by atomic mass is 10.2. The van der Waals surface area contributed by atoms with Crippen LogP contribution < -0.4 is 11.1 Å². The van der Waals surface area contributed by atoms with Crippen LogP contribution in [0.5, 0.6) is 0 Å². The molecular weight excluding hydrogens is 279 g/mol. The Kier molecular flexibility index (Phi) is 4.57. The molecule has 1 atom stereocenters. The Balaban J connectivity index is 2.77. The zero-order chi connectivity index (χ0) is 11.4. The number of hydrogen-bond donors (Lipinski definition) is 2. The summed E-state index contributed by atoms with van der Waals surface area (Å²) in [5, 5.41) is 3.13. The highest BCUT2D eigenvalue weighted by Crippen LogP contribution is 2.20. The van der Waals surface area contributed by atoms with E-state index in [2.05, 4.69) is 21.2 Å². The fourth-order valence-corrected chi connectivity index (χ4v) is 1.58. The molecule has 0 spiro atoms. The number of amides is 1. The van der Waals surface area contributed by atoms with Crippen LogP contribution in [0.15, 0.2) is 22.7 Å². The molecule has 0 aromatic heterocycles. The minimum Gasteiger partial charge on any atom is -0.350 e. The van der Waals surface area contributed by atoms with Gasteiger partial charge < -0.3 is 11.1 Å². The Morgan fingerprint density at radius 1 is 1.67 bits per heavy atom. The first-order chi connectivity index (χ1) is 7.00. The Labute approximate surface area is 102 Å². The SMILES string of the molecule is CC(N)CNC(=O)c1cc(Br)ccc1Cl. The Morgan fingerprint density at radius 3 is 2.93 bits per heavy atom. The molecule has 0 aliphatic rings. The summed E-state index contributed by atoms with van der Waals surface area (Å²) >= 11 is 9.17. The van der Waals surface area contributed by atoms with Crippen molar-refractivity contribution in [3.8, 4) is 0 Å². The molecular formula is C10H12BrClN2O. The molecule has 3 nitrogen and oxygen atoms in total. The highest BCUT2D eigenvalue weighted by atomic mass is 79.9. The maximum atomic E-state index is 11.7. The second kappa shape index (κ2) is 5.49. The van der Waals surface area contributed by atoms with Crippen molar-refractivity contribution < 1.29 is 4.79 Å². The van der Waals surface area contributed by atoms with Gasteiger partial charge in [0.2, 0.25) is 0 Å². The summed E-state index contributed by atoms with van der Waals surface area (Å²) in [7, 11) is 0. The Bertz CT molecular complexity index is 368. The summed E-state index contributed by atoms with van der Waals surface area (Å²) in [6, 6.07) is 5.07. The fraction of sp³-hybridized carbons (Fsp3) is 0.300. The number of nitrogens with one attached hydrogen (secondary N) is 1. The van der Waals surface area contributed by atoms with Gasteiger partial charge in [0.05, 0.1) is 10.6 Å². The number of halogens is 2. The second-order valence-corrected chi connectivity index (χ2v) is 4.63. The zero-order valence-electron chi connectivity index (χ0n) is 8.26. The molecule has 5 heteroatoms. The van der Waals surface area contributed by atoms with Crippen molar-refractivity contribution in [3.05, 3.63) is 33.3 Å². The van der Waals surface area contributed by atoms with Crippen molar-refractivity contribution in [2.75, 3.05) is 6.54 Å². The zero-order valence-corrected chi connectivity index (χ0v) is 10.6. The van der Waals surface area contributed by atoms with Crippen LogP contribution in [0.3, 0.4) is 0 Å². The average Bonchev–Trinajstić information content (AvgIpc) is 2.18. The van der Waals surface area contributed by atoms with Crippen LogP contribution >= 0.6 is 27.5 Å². The molecule has 0 bridgehead atoms. The van der Waals surface area contributed by atoms with Crippen LogP contribution in [0.25, 0.3) is 0 Å². The van der Waals surface area contributed by atoms with E-state index in [4.69, 9.17) is 17.3 Å². The van der Waals surface area contributed by atoms with E-state index >= 15 is 0 Å². The van der Waals surface area contributed by atoms with E-state index < -0.39 is 0 Å². The Morgan fingerprint density at radius 2 is 2.33 bits per heavy atom. The molecule has 0 radical (unpaired) electrons. The summed E-state index contributed by atoms with van der Waals surface area (Å²) in [6.07, 6.45) is 0. The molecule has 0 saturated heterocycles. The third-order valence-electron chi connectivity index (χ3n) is 1.76. The summed E-state index contributed by atoms with van der Waals surface area (Å²) in [6.45, 7) is 2.25. The summed E-state index contributed by atoms with van der Waals surface area (Å²) < 4.78 is 0.817. The molecule has 0 aliphatic heterocycles. The molecule has 0 saturated carbocycles. The molecule has 1 aromatic rings. The first kappa shape index (κ1) is 12.5. The van der Waals surface area contributed by atoms with Gasteiger partial charge in [-0.1, -0.05) is 27.5 Å². The van der Waals surface area contributed by atoms with Crippen molar-refractivity contribution in [1.29, 1.82) is 0 Å². The van der Waals surface area contributed by atoms with Gasteiger partial charge in [0.1, 0.15) is 0 Å². The van der Waals surface area contributed by atoms with E-state index in [0.717, 1.165) is 4.47 Å². The van der Waals surface area contributed by atoms with Gasteiger partial charge in [-0.3, -0.25) is 4.79 Å². The molecule has 82 valence electrons. The Hall–Kier alpha value is -0.580. The summed E-state index contributed by atoms with van der Waals surface area (Å²) in [4.78, 5) is 11.7. The van der Waals surface area contributed by atoms with E-state index in [9.17, 15) is 4.79 Å². The van der Waals surface area contributed by atoms with Gasteiger partial charge in [-0.05, 0) is 25.1 Å². The molecule has 1 unspecified atom stereocenters. The van der Waals surface area contributed by atoms with Gasteiger partial charge in [-0.2, -0.15) is 0 Å². The van der Waals surface area contributed by atoms with Gasteiger partial charge in [-0.15, -0.1) is 0 Å². The third kappa shape index (κ3) is 3.81. The minimum absolute atomic E-state index is 0.0696. The third-order valence-corrected chi connectivity index (χ3v) is 2.58. The van der Waals surface area contributed by atoms with E-state index in [1.807, 2.05) is 6.92 Å². The first-order valence-electron chi connectivity index (χ1n) is 4.49. The van der Waals surface area contributed by atoms with E-state index in [-0.39, 0.29) is 11.9 Å². The maximum Gasteiger partial charge on any atom is 0.252 e. The van der Waals surface area contributed by atoms with E-state index in [0.29, 0.717) is 17.1 Å². The molecule has 3 N–H and O–H groups in total. The van der Waals surface area contributed by atoms with Crippen LogP contribution in [0, 0.1) is 0 Å². The lowest BCUT2D eigenvalue weighted by Crippen LogP contribution is -2.35. The monoisotopic (exact) mass is 290 g/mol. The van der Waals surface area contributed by atoms with Crippen molar-refractivity contribution in [3.63, 3.8) is 0 Å². The number of carbonyl (C=O) groups excluding carboxylic acids is 1. The van der Waals surface area contributed by atoms with E-state index in [1.165, 1.54) is 0 Å². The quantitative estimate of drug-likeness (QED) is 0.897. The highest BCUT2D eigenvalue weighted by Gasteiger charge is 2.10. The van der Waals surface area contributed by atoms with Crippen molar-refractivity contribution >= 4 is 33.4 Å². The van der Waals surface area contributed by atoms with Crippen molar-refractivity contribution in [2.45, 2.75) is 13.0 Å². The summed E-state index contributed by atoms with van der Waals surface area (Å²) in [5.74, 6) is -0.210. The van der Waals surface area contributed by atoms with Crippen molar-refractivity contribution in [2.24, 2.45) is 5.73 Å². The second-order valence-electron chi connectivity index (χ2n) is 3.31. The van der Waals surface area contributed by atoms with Gasteiger partial charge in [0.25, 0.3) is 5.91 Å². The lowest BCUT2D eigenvalue weighted by Gasteiger charge is -2.09. The van der Waals surface area contributed by atoms with Crippen LogP contribution in [0.2, 0.25) is 5.02 Å². The van der Waals surface area contributed by atoms with Gasteiger partial charge >= 0.3 is 0 Å². The number of carbonyl (C=O) groups is 1. The smallest absolute Gasteiger partial charge is 0.252 e. The van der Waals surface area contributed by atoms with Gasteiger partial charge in [-0.25, -0.2) is 0 Å². The number of benzene rings is 1. The van der Waals surface area contributed by atoms with Crippen LogP contribution in [-0.4, -0.2) is 18.5 Å². The minimum atomic E-state index is -0.210. The van der Waals surface area contributed by atoms with Crippen LogP contribution in [-0.2, 0) is 0 Å². The predicted molar refractivity (Wildman–Crippen MR) is 65.1 cm³/mol. The van der Waals surface area contributed by atoms with E-state index in [1.54, 1.807) is 18.2 Å². The number of nitrogens with two attached hydrogens (primary N) is 1. The summed E-state index contributed by atoms with van der Waals surface area (Å²) in [5.41, 5.74) is 5.98. The average molecular weight is 292 g/mol. The molecule has 1 rings (SSSR count). The largest absolute Gasteiger partial charge is 0.350 e. The molecule has 0 heterocycles. The van der Waals surface area contributed by atoms with Crippen molar-refractivity contribution in [1.82, 2.24) is 5.32 Å². The predicted octanol–water partition coefficient (Wildman–Crippen LogP) is 2.18. The molecule has 1 aromatic carbocycles. The highest BCUT2D eigenvalue weighted by molar-refractivity contribution is 9.10. The first-order valence-corrected chi connectivity index (χ1v) is 5.66. The molecule has 0 fully saturated rings. The fourth-order valence-electron chi connectivity index (χ4n) is 1.02. The van der Waals surface area contributed by atoms with Crippen LogP contribution in [0.1, 0.15) is 17.3 Å². The van der Waals surface area contributed by atoms with Crippen LogP contribution in [0.4, 0.5) is 0 Å². The number of hydrogen-bond acceptors (Lipinski definition) is 2. The van der Waals surface area contributed by atoms with Gasteiger partial charge in [0, 0.05) is 17.1 Å². The lowest BCUT2D eigenvalue weighted by molar-refractivity contribution is 0.0952. The maximum absolute atomic E-state index is 11.7. The molecule has 0 aliphatic carbocycles. The molecule has 15 heavy (non-hydrogen) atoms. The standard InChI is InChI=1S/C10H12BrClN2O/c1-6(13)5-14-10(15)8-4-7(11)2-3-9(8)12/h2-4,6H,5,13H2,1H3,(H,14,15).